The summed E-state index contributed by atoms with van der Waals surface area (Å²) in [5.74, 6) is 0.559. The average molecular weight is 551 g/mol. The molecule has 2 saturated carbocycles. The average Bonchev–Trinajstić information content (AvgIpc) is 3.50. The van der Waals surface area contributed by atoms with E-state index in [1.165, 1.54) is 23.1 Å². The smallest absolute Gasteiger partial charge is 0.230 e. The lowest BCUT2D eigenvalue weighted by molar-refractivity contribution is -0.128. The first kappa shape index (κ1) is 28.0. The lowest BCUT2D eigenvalue weighted by Gasteiger charge is -2.60. The van der Waals surface area contributed by atoms with Gasteiger partial charge < -0.3 is 15.3 Å². The second-order valence-corrected chi connectivity index (χ2v) is 13.4. The maximum absolute atomic E-state index is 14.1. The lowest BCUT2D eigenvalue weighted by atomic mass is 9.50. The third-order valence-electron chi connectivity index (χ3n) is 11.0. The van der Waals surface area contributed by atoms with E-state index in [2.05, 4.69) is 77.8 Å². The van der Waals surface area contributed by atoms with E-state index in [0.717, 1.165) is 77.4 Å². The van der Waals surface area contributed by atoms with Crippen LogP contribution in [0.25, 0.3) is 0 Å². The van der Waals surface area contributed by atoms with Crippen LogP contribution >= 0.6 is 0 Å². The van der Waals surface area contributed by atoms with Crippen molar-refractivity contribution in [2.45, 2.75) is 88.0 Å². The third-order valence-corrected chi connectivity index (χ3v) is 11.0. The van der Waals surface area contributed by atoms with Crippen molar-refractivity contribution < 1.29 is 9.90 Å². The number of benzene rings is 3. The molecule has 216 valence electrons. The predicted molar refractivity (Wildman–Crippen MR) is 166 cm³/mol. The van der Waals surface area contributed by atoms with Gasteiger partial charge in [0.05, 0.1) is 5.41 Å². The highest BCUT2D eigenvalue weighted by atomic mass is 16.3. The second kappa shape index (κ2) is 11.6. The van der Waals surface area contributed by atoms with Crippen molar-refractivity contribution >= 4 is 5.91 Å². The Morgan fingerprint density at radius 3 is 2.34 bits per heavy atom. The topological polar surface area (TPSA) is 52.6 Å². The zero-order valence-corrected chi connectivity index (χ0v) is 24.7. The molecule has 0 spiro atoms. The fourth-order valence-electron chi connectivity index (χ4n) is 8.64. The minimum atomic E-state index is -0.400. The summed E-state index contributed by atoms with van der Waals surface area (Å²) in [4.78, 5) is 16.8. The van der Waals surface area contributed by atoms with Gasteiger partial charge in [0, 0.05) is 18.0 Å². The Labute approximate surface area is 246 Å². The Balaban J connectivity index is 1.21. The van der Waals surface area contributed by atoms with E-state index >= 15 is 0 Å². The zero-order valence-electron chi connectivity index (χ0n) is 24.7. The first-order valence-electron chi connectivity index (χ1n) is 15.8. The van der Waals surface area contributed by atoms with Crippen LogP contribution in [0.1, 0.15) is 81.4 Å². The van der Waals surface area contributed by atoms with Crippen molar-refractivity contribution in [2.75, 3.05) is 19.6 Å². The van der Waals surface area contributed by atoms with E-state index in [-0.39, 0.29) is 22.8 Å². The molecule has 3 aliphatic rings. The monoisotopic (exact) mass is 550 g/mol. The van der Waals surface area contributed by atoms with Crippen LogP contribution in [-0.4, -0.2) is 41.6 Å². The van der Waals surface area contributed by atoms with Crippen LogP contribution in [0.4, 0.5) is 0 Å². The molecule has 1 saturated heterocycles. The van der Waals surface area contributed by atoms with Gasteiger partial charge in [0.15, 0.2) is 0 Å². The van der Waals surface area contributed by atoms with Crippen LogP contribution in [0, 0.1) is 5.41 Å². The Morgan fingerprint density at radius 1 is 0.902 bits per heavy atom. The van der Waals surface area contributed by atoms with Crippen molar-refractivity contribution in [1.82, 2.24) is 10.2 Å². The largest absolute Gasteiger partial charge is 0.508 e. The highest BCUT2D eigenvalue weighted by Gasteiger charge is 2.56. The minimum Gasteiger partial charge on any atom is -0.508 e. The molecule has 6 rings (SSSR count). The van der Waals surface area contributed by atoms with Crippen LogP contribution in [0.15, 0.2) is 84.9 Å². The summed E-state index contributed by atoms with van der Waals surface area (Å²) in [6, 6.07) is 29.4. The number of aromatic hydroxyl groups is 1. The van der Waals surface area contributed by atoms with Crippen molar-refractivity contribution in [3.8, 4) is 5.75 Å². The molecule has 3 aromatic carbocycles. The molecule has 2 N–H and O–H groups in total. The van der Waals surface area contributed by atoms with Gasteiger partial charge in [0.2, 0.25) is 5.91 Å². The van der Waals surface area contributed by atoms with E-state index in [0.29, 0.717) is 5.75 Å². The van der Waals surface area contributed by atoms with E-state index in [1.54, 1.807) is 6.07 Å². The summed E-state index contributed by atoms with van der Waals surface area (Å²) in [5.41, 5.74) is 3.42. The molecule has 4 nitrogen and oxygen atoms in total. The van der Waals surface area contributed by atoms with E-state index in [1.807, 2.05) is 18.2 Å². The van der Waals surface area contributed by atoms with Gasteiger partial charge in [-0.15, -0.1) is 0 Å². The van der Waals surface area contributed by atoms with Crippen LogP contribution in [0.3, 0.4) is 0 Å². The van der Waals surface area contributed by atoms with Crippen molar-refractivity contribution in [1.29, 1.82) is 0 Å². The van der Waals surface area contributed by atoms with E-state index in [4.69, 9.17) is 0 Å². The first-order valence-corrected chi connectivity index (χ1v) is 15.8. The molecule has 0 bridgehead atoms. The Hall–Kier alpha value is -3.11. The van der Waals surface area contributed by atoms with Gasteiger partial charge in [-0.05, 0) is 98.7 Å². The summed E-state index contributed by atoms with van der Waals surface area (Å²) < 4.78 is 0. The number of rotatable bonds is 8. The number of aryl methyl sites for hydroxylation is 1. The molecule has 1 aliphatic heterocycles. The van der Waals surface area contributed by atoms with Crippen molar-refractivity contribution in [2.24, 2.45) is 5.41 Å². The highest BCUT2D eigenvalue weighted by molar-refractivity contribution is 5.88. The molecule has 3 fully saturated rings. The molecule has 0 aromatic heterocycles. The molecule has 41 heavy (non-hydrogen) atoms. The standard InChI is InChI=1S/C37H46N2O2/c1-35-22-19-32(38-34(41)36(20-8-9-21-36)30-15-6-3-7-16-30)27-37(35,31-17-10-18-33(40)26-31)23-25-39(28-35)24-11-14-29-12-4-2-5-13-29/h2-7,10,12-13,15-18,26,32,40H,8-9,11,14,19-25,27-28H2,1H3,(H,38,41)/t32-,35-,37-/m1/s1. The molecular formula is C37H46N2O2. The highest BCUT2D eigenvalue weighted by Crippen LogP contribution is 2.57. The first-order chi connectivity index (χ1) is 19.9. The summed E-state index contributed by atoms with van der Waals surface area (Å²) in [7, 11) is 0. The SMILES string of the molecule is C[C@]12CC[C@@H](NC(=O)C3(c4ccccc4)CCCC3)C[C@@]1(c1cccc(O)c1)CCN(CCCc1ccccc1)C2. The van der Waals surface area contributed by atoms with Gasteiger partial charge in [0.25, 0.3) is 0 Å². The maximum atomic E-state index is 14.1. The molecule has 3 aromatic rings. The van der Waals surface area contributed by atoms with Crippen LogP contribution in [0.2, 0.25) is 0 Å². The van der Waals surface area contributed by atoms with Gasteiger partial charge in [0.1, 0.15) is 5.75 Å². The molecule has 0 radical (unpaired) electrons. The number of hydrogen-bond donors (Lipinski definition) is 2. The number of carbonyl (C=O) groups excluding carboxylic acids is 1. The molecule has 3 atom stereocenters. The summed E-state index contributed by atoms with van der Waals surface area (Å²) >= 11 is 0. The van der Waals surface area contributed by atoms with Gasteiger partial charge in [-0.1, -0.05) is 92.6 Å². The van der Waals surface area contributed by atoms with Gasteiger partial charge >= 0.3 is 0 Å². The molecule has 1 amide bonds. The molecule has 1 heterocycles. The molecular weight excluding hydrogens is 504 g/mol. The van der Waals surface area contributed by atoms with E-state index < -0.39 is 5.41 Å². The minimum absolute atomic E-state index is 0.0759. The number of phenols is 1. The molecule has 4 heteroatoms. The Kier molecular flexibility index (Phi) is 7.96. The number of nitrogens with one attached hydrogen (secondary N) is 1. The lowest BCUT2D eigenvalue weighted by Crippen LogP contribution is -2.62. The third kappa shape index (κ3) is 5.44. The van der Waals surface area contributed by atoms with Crippen molar-refractivity contribution in [3.63, 3.8) is 0 Å². The molecule has 0 unspecified atom stereocenters. The Morgan fingerprint density at radius 2 is 1.61 bits per heavy atom. The van der Waals surface area contributed by atoms with Crippen LogP contribution < -0.4 is 5.32 Å². The van der Waals surface area contributed by atoms with Gasteiger partial charge in [-0.2, -0.15) is 0 Å². The number of nitrogens with zero attached hydrogens (tertiary/aromatic N) is 1. The van der Waals surface area contributed by atoms with Gasteiger partial charge in [-0.3, -0.25) is 4.79 Å². The number of fused-ring (bicyclic) bond motifs is 1. The maximum Gasteiger partial charge on any atom is 0.230 e. The van der Waals surface area contributed by atoms with Gasteiger partial charge in [-0.25, -0.2) is 0 Å². The van der Waals surface area contributed by atoms with E-state index in [9.17, 15) is 9.90 Å². The zero-order chi connectivity index (χ0) is 28.3. The fraction of sp³-hybridized carbons (Fsp3) is 0.486. The summed E-state index contributed by atoms with van der Waals surface area (Å²) in [6.45, 7) is 5.70. The van der Waals surface area contributed by atoms with Crippen LogP contribution in [-0.2, 0) is 22.0 Å². The number of likely N-dealkylation sites (tertiary alicyclic amines) is 1. The number of phenolic OH excluding ortho intramolecular Hbond substituents is 1. The summed E-state index contributed by atoms with van der Waals surface area (Å²) in [5, 5.41) is 14.1. The molecule has 2 aliphatic carbocycles. The van der Waals surface area contributed by atoms with Crippen LogP contribution in [0.5, 0.6) is 5.75 Å². The number of hydrogen-bond acceptors (Lipinski definition) is 3. The predicted octanol–water partition coefficient (Wildman–Crippen LogP) is 7.16. The number of amides is 1. The van der Waals surface area contributed by atoms with Crippen molar-refractivity contribution in [3.05, 3.63) is 102 Å². The second-order valence-electron chi connectivity index (χ2n) is 13.4. The number of piperidine rings is 1. The number of carbonyl (C=O) groups is 1. The Bertz CT molecular complexity index is 1320. The summed E-state index contributed by atoms with van der Waals surface area (Å²) in [6.07, 6.45) is 10.4. The normalized spacial score (nSPS) is 27.7. The fourth-order valence-corrected chi connectivity index (χ4v) is 8.64. The quantitative estimate of drug-likeness (QED) is 0.313.